The zero-order chi connectivity index (χ0) is 19.8. The molecule has 0 bridgehead atoms. The van der Waals surface area contributed by atoms with E-state index in [2.05, 4.69) is 11.9 Å². The first-order valence-corrected chi connectivity index (χ1v) is 9.24. The van der Waals surface area contributed by atoms with Crippen molar-refractivity contribution in [2.24, 2.45) is 0 Å². The second-order valence-corrected chi connectivity index (χ2v) is 7.27. The third-order valence-corrected chi connectivity index (χ3v) is 5.14. The molecule has 1 aliphatic rings. The highest BCUT2D eigenvalue weighted by molar-refractivity contribution is 5.95. The van der Waals surface area contributed by atoms with E-state index >= 15 is 0 Å². The van der Waals surface area contributed by atoms with Crippen LogP contribution in [0.1, 0.15) is 18.2 Å². The summed E-state index contributed by atoms with van der Waals surface area (Å²) in [7, 11) is 0. The molecule has 1 aliphatic heterocycles. The minimum Gasteiger partial charge on any atom is -0.504 e. The van der Waals surface area contributed by atoms with Gasteiger partial charge in [0, 0.05) is 37.1 Å². The summed E-state index contributed by atoms with van der Waals surface area (Å²) in [6, 6.07) is 12.6. The van der Waals surface area contributed by atoms with E-state index in [1.807, 2.05) is 36.1 Å². The average Bonchev–Trinajstić information content (AvgIpc) is 2.66. The lowest BCUT2D eigenvalue weighted by molar-refractivity contribution is -0.122. The van der Waals surface area contributed by atoms with Gasteiger partial charge in [-0.15, -0.1) is 0 Å². The van der Waals surface area contributed by atoms with Gasteiger partial charge in [0.2, 0.25) is 5.91 Å². The Balaban J connectivity index is 1.56. The smallest absolute Gasteiger partial charge is 0.258 e. The molecular formula is C21H22N4O3. The van der Waals surface area contributed by atoms with E-state index in [1.54, 1.807) is 17.2 Å². The van der Waals surface area contributed by atoms with Gasteiger partial charge in [-0.25, -0.2) is 4.98 Å². The third-order valence-electron chi connectivity index (χ3n) is 5.14. The molecule has 28 heavy (non-hydrogen) atoms. The number of pyridine rings is 1. The molecule has 7 nitrogen and oxygen atoms in total. The number of benzene rings is 1. The van der Waals surface area contributed by atoms with E-state index in [0.717, 1.165) is 11.3 Å². The van der Waals surface area contributed by atoms with Crippen molar-refractivity contribution in [1.82, 2.24) is 14.3 Å². The summed E-state index contributed by atoms with van der Waals surface area (Å²) in [5.41, 5.74) is 2.55. The van der Waals surface area contributed by atoms with Crippen molar-refractivity contribution in [2.45, 2.75) is 26.4 Å². The van der Waals surface area contributed by atoms with Crippen LogP contribution in [0.15, 0.2) is 53.5 Å². The molecule has 2 aromatic heterocycles. The molecule has 1 atom stereocenters. The minimum absolute atomic E-state index is 0.0160. The molecule has 0 unspecified atom stereocenters. The number of aromatic nitrogens is 2. The van der Waals surface area contributed by atoms with Gasteiger partial charge >= 0.3 is 0 Å². The summed E-state index contributed by atoms with van der Waals surface area (Å²) < 4.78 is 1.31. The summed E-state index contributed by atoms with van der Waals surface area (Å²) in [6.45, 7) is 5.26. The number of fused-ring (bicyclic) bond motifs is 1. The molecule has 1 amide bonds. The number of rotatable bonds is 3. The van der Waals surface area contributed by atoms with Crippen LogP contribution in [0.2, 0.25) is 0 Å². The predicted octanol–water partition coefficient (Wildman–Crippen LogP) is 1.95. The maximum atomic E-state index is 12.7. The van der Waals surface area contributed by atoms with Gasteiger partial charge in [0.25, 0.3) is 5.56 Å². The second-order valence-electron chi connectivity index (χ2n) is 7.27. The van der Waals surface area contributed by atoms with Crippen molar-refractivity contribution in [1.29, 1.82) is 0 Å². The van der Waals surface area contributed by atoms with Crippen LogP contribution in [0.25, 0.3) is 5.65 Å². The summed E-state index contributed by atoms with van der Waals surface area (Å²) in [6.07, 6.45) is 1.57. The van der Waals surface area contributed by atoms with Crippen LogP contribution >= 0.6 is 0 Å². The maximum absolute atomic E-state index is 12.7. The number of aromatic hydroxyl groups is 1. The zero-order valence-corrected chi connectivity index (χ0v) is 15.9. The molecule has 7 heteroatoms. The Labute approximate surface area is 162 Å². The van der Waals surface area contributed by atoms with Crippen LogP contribution < -0.4 is 10.5 Å². The van der Waals surface area contributed by atoms with Gasteiger partial charge in [-0.3, -0.25) is 18.9 Å². The Bertz CT molecular complexity index is 1090. The molecule has 0 saturated carbocycles. The van der Waals surface area contributed by atoms with Gasteiger partial charge in [0.15, 0.2) is 11.4 Å². The monoisotopic (exact) mass is 378 g/mol. The lowest BCUT2D eigenvalue weighted by Gasteiger charge is -2.39. The number of nitrogens with zero attached hydrogens (tertiary/aromatic N) is 4. The van der Waals surface area contributed by atoms with Crippen LogP contribution in [0.5, 0.6) is 5.75 Å². The van der Waals surface area contributed by atoms with Crippen molar-refractivity contribution in [3.8, 4) is 5.75 Å². The fourth-order valence-corrected chi connectivity index (χ4v) is 3.53. The molecule has 1 aromatic carbocycles. The number of hydrogen-bond acceptors (Lipinski definition) is 5. The first kappa shape index (κ1) is 18.2. The number of amides is 1. The Morgan fingerprint density at radius 1 is 1.18 bits per heavy atom. The first-order valence-electron chi connectivity index (χ1n) is 9.24. The van der Waals surface area contributed by atoms with Crippen LogP contribution in [0, 0.1) is 6.92 Å². The topological polar surface area (TPSA) is 78.2 Å². The van der Waals surface area contributed by atoms with Crippen molar-refractivity contribution >= 4 is 17.2 Å². The van der Waals surface area contributed by atoms with Crippen LogP contribution in [-0.4, -0.2) is 44.4 Å². The number of hydrogen-bond donors (Lipinski definition) is 1. The van der Waals surface area contributed by atoms with Crippen molar-refractivity contribution in [3.63, 3.8) is 0 Å². The molecule has 3 heterocycles. The van der Waals surface area contributed by atoms with Gasteiger partial charge in [0.1, 0.15) is 0 Å². The molecule has 1 fully saturated rings. The third kappa shape index (κ3) is 3.36. The van der Waals surface area contributed by atoms with E-state index in [0.29, 0.717) is 18.8 Å². The molecule has 3 aromatic rings. The molecular weight excluding hydrogens is 356 g/mol. The van der Waals surface area contributed by atoms with Crippen molar-refractivity contribution < 1.29 is 9.90 Å². The minimum atomic E-state index is -0.256. The highest BCUT2D eigenvalue weighted by Gasteiger charge is 2.30. The number of carbonyl (C=O) groups is 1. The number of carbonyl (C=O) groups excluding carboxylic acids is 1. The molecule has 144 valence electrons. The number of piperazine rings is 1. The Morgan fingerprint density at radius 3 is 2.68 bits per heavy atom. The van der Waals surface area contributed by atoms with E-state index in [-0.39, 0.29) is 35.4 Å². The quantitative estimate of drug-likeness (QED) is 0.754. The molecule has 1 N–H and O–H groups in total. The lowest BCUT2D eigenvalue weighted by atomic mass is 10.1. The lowest BCUT2D eigenvalue weighted by Crippen LogP contribution is -2.55. The van der Waals surface area contributed by atoms with Crippen molar-refractivity contribution in [3.05, 3.63) is 70.3 Å². The molecule has 0 aliphatic carbocycles. The fourth-order valence-electron chi connectivity index (χ4n) is 3.53. The second kappa shape index (κ2) is 7.09. The maximum Gasteiger partial charge on any atom is 0.258 e. The highest BCUT2D eigenvalue weighted by atomic mass is 16.3. The summed E-state index contributed by atoms with van der Waals surface area (Å²) in [5.74, 6) is -0.0305. The average molecular weight is 378 g/mol. The normalized spacial score (nSPS) is 18.0. The van der Waals surface area contributed by atoms with Crippen LogP contribution in [0.3, 0.4) is 0 Å². The van der Waals surface area contributed by atoms with Gasteiger partial charge in [0.05, 0.1) is 12.2 Å². The SMILES string of the molecule is Cc1ccc(N2C[C@@H](C)N(Cc3cc(=O)n4cccc(O)c4n3)CC2=O)cc1. The largest absolute Gasteiger partial charge is 0.504 e. The van der Waals surface area contributed by atoms with Gasteiger partial charge < -0.3 is 10.0 Å². The Kier molecular flexibility index (Phi) is 4.60. The summed E-state index contributed by atoms with van der Waals surface area (Å²) in [5, 5.41) is 10.0. The van der Waals surface area contributed by atoms with Gasteiger partial charge in [-0.05, 0) is 38.1 Å². The van der Waals surface area contributed by atoms with E-state index in [1.165, 1.54) is 16.5 Å². The molecule has 4 rings (SSSR count). The van der Waals surface area contributed by atoms with Crippen LogP contribution in [-0.2, 0) is 11.3 Å². The Hall–Kier alpha value is -3.19. The van der Waals surface area contributed by atoms with E-state index in [4.69, 9.17) is 0 Å². The van der Waals surface area contributed by atoms with E-state index < -0.39 is 0 Å². The molecule has 0 radical (unpaired) electrons. The first-order chi connectivity index (χ1) is 13.4. The van der Waals surface area contributed by atoms with Gasteiger partial charge in [-0.2, -0.15) is 0 Å². The van der Waals surface area contributed by atoms with Crippen molar-refractivity contribution in [2.75, 3.05) is 18.0 Å². The highest BCUT2D eigenvalue weighted by Crippen LogP contribution is 2.22. The zero-order valence-electron chi connectivity index (χ0n) is 15.9. The van der Waals surface area contributed by atoms with E-state index in [9.17, 15) is 14.7 Å². The fraction of sp³-hybridized carbons (Fsp3) is 0.286. The molecule has 1 saturated heterocycles. The summed E-state index contributed by atoms with van der Waals surface area (Å²) in [4.78, 5) is 33.3. The van der Waals surface area contributed by atoms with Crippen LogP contribution in [0.4, 0.5) is 5.69 Å². The Morgan fingerprint density at radius 2 is 1.93 bits per heavy atom. The standard InChI is InChI=1S/C21H22N4O3/c1-14-5-7-17(8-6-14)25-11-15(2)23(13-20(25)28)12-16-10-19(27)24-9-3-4-18(26)21(24)22-16/h3-10,15,26H,11-13H2,1-2H3/t15-/m1/s1. The molecule has 0 spiro atoms. The predicted molar refractivity (Wildman–Crippen MR) is 107 cm³/mol. The number of anilines is 1. The summed E-state index contributed by atoms with van der Waals surface area (Å²) >= 11 is 0. The number of aryl methyl sites for hydroxylation is 1. The van der Waals surface area contributed by atoms with Gasteiger partial charge in [-0.1, -0.05) is 17.7 Å².